The molecular weight excluding hydrogens is 178 g/mol. The molecule has 0 saturated carbocycles. The van der Waals surface area contributed by atoms with Crippen molar-refractivity contribution in [3.05, 3.63) is 42.0 Å². The average molecular weight is 187 g/mol. The molecule has 0 N–H and O–H groups in total. The third kappa shape index (κ3) is 2.07. The van der Waals surface area contributed by atoms with Crippen LogP contribution in [0.1, 0.15) is 5.56 Å². The lowest BCUT2D eigenvalue weighted by Gasteiger charge is -1.99. The molecule has 14 heavy (non-hydrogen) atoms. The molecule has 1 aromatic rings. The first-order valence-electron chi connectivity index (χ1n) is 4.32. The van der Waals surface area contributed by atoms with Crippen LogP contribution >= 0.6 is 0 Å². The number of carbonyl (C=O) groups excluding carboxylic acids is 1. The third-order valence-corrected chi connectivity index (χ3v) is 1.82. The Kier molecular flexibility index (Phi) is 2.40. The monoisotopic (exact) mass is 187 g/mol. The van der Waals surface area contributed by atoms with E-state index < -0.39 is 6.23 Å². The first-order valence-corrected chi connectivity index (χ1v) is 4.32. The molecule has 0 aromatic heterocycles. The Bertz CT molecular complexity index is 382. The second-order valence-corrected chi connectivity index (χ2v) is 2.88. The van der Waals surface area contributed by atoms with Crippen LogP contribution in [-0.4, -0.2) is 18.4 Å². The minimum atomic E-state index is -0.456. The van der Waals surface area contributed by atoms with Gasteiger partial charge >= 0.3 is 5.97 Å². The SMILES string of the molecule is O=C1C=NC(C=Cc2ccccc2)O1. The molecule has 0 fully saturated rings. The van der Waals surface area contributed by atoms with Gasteiger partial charge in [-0.15, -0.1) is 0 Å². The largest absolute Gasteiger partial charge is 0.432 e. The second-order valence-electron chi connectivity index (χ2n) is 2.88. The summed E-state index contributed by atoms with van der Waals surface area (Å²) < 4.78 is 4.84. The third-order valence-electron chi connectivity index (χ3n) is 1.82. The van der Waals surface area contributed by atoms with E-state index in [0.717, 1.165) is 5.56 Å². The smallest absolute Gasteiger partial charge is 0.351 e. The molecule has 0 saturated heterocycles. The number of rotatable bonds is 2. The van der Waals surface area contributed by atoms with E-state index >= 15 is 0 Å². The van der Waals surface area contributed by atoms with E-state index in [-0.39, 0.29) is 5.97 Å². The van der Waals surface area contributed by atoms with E-state index in [2.05, 4.69) is 4.99 Å². The van der Waals surface area contributed by atoms with Crippen LogP contribution in [0.25, 0.3) is 6.08 Å². The summed E-state index contributed by atoms with van der Waals surface area (Å²) in [5.41, 5.74) is 1.06. The summed E-state index contributed by atoms with van der Waals surface area (Å²) >= 11 is 0. The number of hydrogen-bond acceptors (Lipinski definition) is 3. The number of ether oxygens (including phenoxy) is 1. The molecule has 0 aliphatic carbocycles. The lowest BCUT2D eigenvalue weighted by molar-refractivity contribution is -0.135. The normalized spacial score (nSPS) is 20.3. The van der Waals surface area contributed by atoms with Crippen LogP contribution in [0.15, 0.2) is 41.4 Å². The number of cyclic esters (lactones) is 1. The highest BCUT2D eigenvalue weighted by molar-refractivity contribution is 6.24. The minimum Gasteiger partial charge on any atom is -0.432 e. The van der Waals surface area contributed by atoms with Crippen LogP contribution in [0.5, 0.6) is 0 Å². The number of nitrogens with zero attached hydrogens (tertiary/aromatic N) is 1. The van der Waals surface area contributed by atoms with Gasteiger partial charge in [0.05, 0.1) is 0 Å². The van der Waals surface area contributed by atoms with Gasteiger partial charge in [-0.25, -0.2) is 9.79 Å². The Morgan fingerprint density at radius 2 is 2.07 bits per heavy atom. The van der Waals surface area contributed by atoms with Gasteiger partial charge in [0.25, 0.3) is 0 Å². The van der Waals surface area contributed by atoms with Gasteiger partial charge in [-0.1, -0.05) is 36.4 Å². The zero-order chi connectivity index (χ0) is 9.80. The first kappa shape index (κ1) is 8.69. The van der Waals surface area contributed by atoms with Crippen molar-refractivity contribution in [3.8, 4) is 0 Å². The number of esters is 1. The zero-order valence-corrected chi connectivity index (χ0v) is 7.46. The summed E-state index contributed by atoms with van der Waals surface area (Å²) in [7, 11) is 0. The molecule has 3 nitrogen and oxygen atoms in total. The molecule has 2 rings (SSSR count). The Morgan fingerprint density at radius 1 is 1.29 bits per heavy atom. The number of benzene rings is 1. The van der Waals surface area contributed by atoms with Crippen molar-refractivity contribution in [2.24, 2.45) is 4.99 Å². The van der Waals surface area contributed by atoms with E-state index in [1.165, 1.54) is 6.21 Å². The standard InChI is InChI=1S/C11H9NO2/c13-11-8-12-10(14-11)7-6-9-4-2-1-3-5-9/h1-8,10H. The van der Waals surface area contributed by atoms with Crippen molar-refractivity contribution < 1.29 is 9.53 Å². The minimum absolute atomic E-state index is 0.382. The van der Waals surface area contributed by atoms with E-state index in [4.69, 9.17) is 4.74 Å². The van der Waals surface area contributed by atoms with Crippen molar-refractivity contribution >= 4 is 18.3 Å². The van der Waals surface area contributed by atoms with Crippen LogP contribution in [0, 0.1) is 0 Å². The summed E-state index contributed by atoms with van der Waals surface area (Å²) in [4.78, 5) is 14.5. The van der Waals surface area contributed by atoms with Gasteiger partial charge in [0.2, 0.25) is 6.23 Å². The lowest BCUT2D eigenvalue weighted by atomic mass is 10.2. The fraction of sp³-hybridized carbons (Fsp3) is 0.0909. The molecule has 0 bridgehead atoms. The van der Waals surface area contributed by atoms with E-state index in [9.17, 15) is 4.79 Å². The molecule has 1 aliphatic rings. The van der Waals surface area contributed by atoms with Gasteiger partial charge in [0, 0.05) is 0 Å². The number of aliphatic imine (C=N–C) groups is 1. The highest BCUT2D eigenvalue weighted by Crippen LogP contribution is 2.07. The van der Waals surface area contributed by atoms with Crippen molar-refractivity contribution in [2.45, 2.75) is 6.23 Å². The topological polar surface area (TPSA) is 38.7 Å². The zero-order valence-electron chi connectivity index (χ0n) is 7.46. The van der Waals surface area contributed by atoms with Gasteiger partial charge in [-0.3, -0.25) is 0 Å². The van der Waals surface area contributed by atoms with Crippen LogP contribution in [-0.2, 0) is 9.53 Å². The van der Waals surface area contributed by atoms with Gasteiger partial charge in [-0.2, -0.15) is 0 Å². The predicted octanol–water partition coefficient (Wildman–Crippen LogP) is 1.65. The van der Waals surface area contributed by atoms with E-state index in [1.54, 1.807) is 6.08 Å². The average Bonchev–Trinajstić information content (AvgIpc) is 2.63. The molecular formula is C11H9NO2. The highest BCUT2D eigenvalue weighted by atomic mass is 16.6. The Hall–Kier alpha value is -1.90. The molecule has 0 radical (unpaired) electrons. The summed E-state index contributed by atoms with van der Waals surface area (Å²) in [5, 5.41) is 0. The second kappa shape index (κ2) is 3.87. The molecule has 1 unspecified atom stereocenters. The van der Waals surface area contributed by atoms with Crippen LogP contribution in [0.3, 0.4) is 0 Å². The van der Waals surface area contributed by atoms with E-state index in [0.29, 0.717) is 0 Å². The molecule has 1 atom stereocenters. The molecule has 1 heterocycles. The molecule has 1 aliphatic heterocycles. The summed E-state index contributed by atoms with van der Waals surface area (Å²) in [5.74, 6) is -0.382. The molecule has 1 aromatic carbocycles. The van der Waals surface area contributed by atoms with Crippen molar-refractivity contribution in [2.75, 3.05) is 0 Å². The van der Waals surface area contributed by atoms with Gasteiger partial charge in [-0.05, 0) is 11.6 Å². The van der Waals surface area contributed by atoms with Crippen molar-refractivity contribution in [1.29, 1.82) is 0 Å². The maximum Gasteiger partial charge on any atom is 0.351 e. The molecule has 3 heteroatoms. The van der Waals surface area contributed by atoms with Crippen LogP contribution < -0.4 is 0 Å². The molecule has 70 valence electrons. The fourth-order valence-corrected chi connectivity index (χ4v) is 1.16. The maximum atomic E-state index is 10.7. The maximum absolute atomic E-state index is 10.7. The van der Waals surface area contributed by atoms with Crippen LogP contribution in [0.4, 0.5) is 0 Å². The van der Waals surface area contributed by atoms with Gasteiger partial charge < -0.3 is 4.74 Å². The molecule has 0 spiro atoms. The van der Waals surface area contributed by atoms with Gasteiger partial charge in [0.15, 0.2) is 0 Å². The summed E-state index contributed by atoms with van der Waals surface area (Å²) in [6.07, 6.45) is 4.36. The lowest BCUT2D eigenvalue weighted by Crippen LogP contribution is -2.03. The fourth-order valence-electron chi connectivity index (χ4n) is 1.16. The highest BCUT2D eigenvalue weighted by Gasteiger charge is 2.13. The Balaban J connectivity index is 2.02. The summed E-state index contributed by atoms with van der Waals surface area (Å²) in [6.45, 7) is 0. The van der Waals surface area contributed by atoms with Crippen molar-refractivity contribution in [3.63, 3.8) is 0 Å². The van der Waals surface area contributed by atoms with Crippen LogP contribution in [0.2, 0.25) is 0 Å². The summed E-state index contributed by atoms with van der Waals surface area (Å²) in [6, 6.07) is 9.78. The number of hydrogen-bond donors (Lipinski definition) is 0. The Labute approximate surface area is 81.7 Å². The van der Waals surface area contributed by atoms with Gasteiger partial charge in [0.1, 0.15) is 6.21 Å². The molecule has 0 amide bonds. The predicted molar refractivity (Wildman–Crippen MR) is 53.8 cm³/mol. The number of carbonyl (C=O) groups is 1. The first-order chi connectivity index (χ1) is 6.84. The quantitative estimate of drug-likeness (QED) is 0.660. The Morgan fingerprint density at radius 3 is 2.71 bits per heavy atom. The van der Waals surface area contributed by atoms with E-state index in [1.807, 2.05) is 36.4 Å². The van der Waals surface area contributed by atoms with Crippen molar-refractivity contribution in [1.82, 2.24) is 0 Å².